The molecule has 1 saturated heterocycles. The average molecular weight is 481 g/mol. The number of hydrogen-bond donors (Lipinski definition) is 1. The van der Waals surface area contributed by atoms with Crippen LogP contribution in [0, 0.1) is 0 Å². The van der Waals surface area contributed by atoms with E-state index in [1.165, 1.54) is 16.0 Å². The zero-order chi connectivity index (χ0) is 25.2. The summed E-state index contributed by atoms with van der Waals surface area (Å²) in [5, 5.41) is 9.28. The van der Waals surface area contributed by atoms with Crippen molar-refractivity contribution in [2.45, 2.75) is 51.2 Å². The van der Waals surface area contributed by atoms with Crippen molar-refractivity contribution in [3.63, 3.8) is 0 Å². The van der Waals surface area contributed by atoms with E-state index in [0.29, 0.717) is 25.9 Å². The molecule has 2 amide bonds. The fourth-order valence-corrected chi connectivity index (χ4v) is 4.85. The Morgan fingerprint density at radius 3 is 2.03 bits per heavy atom. The summed E-state index contributed by atoms with van der Waals surface area (Å²) in [4.78, 5) is 39.7. The summed E-state index contributed by atoms with van der Waals surface area (Å²) >= 11 is 0. The van der Waals surface area contributed by atoms with Crippen molar-refractivity contribution in [2.75, 3.05) is 26.2 Å². The summed E-state index contributed by atoms with van der Waals surface area (Å²) in [5.41, 5.74) is 3.93. The maximum absolute atomic E-state index is 12.9. The molecule has 0 atom stereocenters. The zero-order valence-corrected chi connectivity index (χ0v) is 20.4. The summed E-state index contributed by atoms with van der Waals surface area (Å²) in [7, 11) is 0. The maximum atomic E-state index is 12.9. The predicted octanol–water partition coefficient (Wildman–Crippen LogP) is 4.72. The van der Waals surface area contributed by atoms with E-state index in [9.17, 15) is 19.5 Å². The van der Waals surface area contributed by atoms with Crippen LogP contribution >= 0.6 is 0 Å². The number of carbonyl (C=O) groups is 3. The Bertz CT molecular complexity index is 1060. The Morgan fingerprint density at radius 2 is 1.51 bits per heavy atom. The molecule has 2 aromatic rings. The maximum Gasteiger partial charge on any atom is 0.411 e. The molecular weight excluding hydrogens is 448 g/mol. The molecule has 0 bridgehead atoms. The first-order valence-electron chi connectivity index (χ1n) is 12.0. The molecule has 0 unspecified atom stereocenters. The summed E-state index contributed by atoms with van der Waals surface area (Å²) in [5.74, 6) is -1.11. The standard InChI is InChI=1S/C27H32N2O6/c1-27(2,3)35-26(33)29(16-24(30)31)18-12-14-28(15-13-18)25(32)34-17-23-21-10-6-4-8-19(21)20-9-5-7-11-22(20)23/h4-11,18,23H,12-17H2,1-3H3,(H,30,31). The molecule has 8 nitrogen and oxygen atoms in total. The van der Waals surface area contributed by atoms with Crippen LogP contribution in [-0.4, -0.2) is 70.9 Å². The highest BCUT2D eigenvalue weighted by Gasteiger charge is 2.35. The Hall–Kier alpha value is -3.55. The molecule has 1 fully saturated rings. The van der Waals surface area contributed by atoms with Gasteiger partial charge < -0.3 is 19.5 Å². The number of benzene rings is 2. The first-order valence-corrected chi connectivity index (χ1v) is 12.0. The fourth-order valence-electron chi connectivity index (χ4n) is 4.85. The van der Waals surface area contributed by atoms with Crippen LogP contribution in [0.3, 0.4) is 0 Å². The summed E-state index contributed by atoms with van der Waals surface area (Å²) in [6.07, 6.45) is -0.139. The molecule has 1 aliphatic carbocycles. The van der Waals surface area contributed by atoms with Gasteiger partial charge in [0.1, 0.15) is 18.8 Å². The predicted molar refractivity (Wildman–Crippen MR) is 130 cm³/mol. The van der Waals surface area contributed by atoms with Gasteiger partial charge in [-0.05, 0) is 55.9 Å². The second-order valence-corrected chi connectivity index (χ2v) is 10.0. The quantitative estimate of drug-likeness (QED) is 0.665. The van der Waals surface area contributed by atoms with E-state index >= 15 is 0 Å². The number of fused-ring (bicyclic) bond motifs is 3. The number of likely N-dealkylation sites (tertiary alicyclic amines) is 1. The van der Waals surface area contributed by atoms with Gasteiger partial charge in [-0.2, -0.15) is 0 Å². The van der Waals surface area contributed by atoms with Crippen LogP contribution in [-0.2, 0) is 14.3 Å². The molecule has 0 aromatic heterocycles. The minimum atomic E-state index is -1.10. The molecule has 8 heteroatoms. The van der Waals surface area contributed by atoms with Crippen LogP contribution in [0.4, 0.5) is 9.59 Å². The minimum absolute atomic E-state index is 0.0119. The van der Waals surface area contributed by atoms with Crippen LogP contribution < -0.4 is 0 Å². The van der Waals surface area contributed by atoms with E-state index in [2.05, 4.69) is 24.3 Å². The van der Waals surface area contributed by atoms with Crippen molar-refractivity contribution in [3.05, 3.63) is 59.7 Å². The number of amides is 2. The van der Waals surface area contributed by atoms with Crippen LogP contribution in [0.5, 0.6) is 0 Å². The van der Waals surface area contributed by atoms with Gasteiger partial charge >= 0.3 is 18.2 Å². The van der Waals surface area contributed by atoms with E-state index < -0.39 is 30.3 Å². The van der Waals surface area contributed by atoms with Crippen LogP contribution in [0.2, 0.25) is 0 Å². The number of carbonyl (C=O) groups excluding carboxylic acids is 2. The second-order valence-electron chi connectivity index (χ2n) is 10.0. The van der Waals surface area contributed by atoms with Crippen LogP contribution in [0.25, 0.3) is 11.1 Å². The largest absolute Gasteiger partial charge is 0.480 e. The normalized spacial score (nSPS) is 15.8. The van der Waals surface area contributed by atoms with Crippen LogP contribution in [0.1, 0.15) is 50.7 Å². The monoisotopic (exact) mass is 480 g/mol. The van der Waals surface area contributed by atoms with Gasteiger partial charge in [-0.15, -0.1) is 0 Å². The molecule has 1 aliphatic heterocycles. The number of aliphatic carboxylic acids is 1. The fraction of sp³-hybridized carbons (Fsp3) is 0.444. The molecule has 35 heavy (non-hydrogen) atoms. The van der Waals surface area contributed by atoms with E-state index in [1.54, 1.807) is 25.7 Å². The van der Waals surface area contributed by atoms with Gasteiger partial charge in [0, 0.05) is 25.0 Å². The first kappa shape index (κ1) is 24.6. The number of rotatable bonds is 5. The third kappa shape index (κ3) is 5.58. The molecule has 2 aromatic carbocycles. The molecular formula is C27H32N2O6. The Kier molecular flexibility index (Phi) is 7.00. The van der Waals surface area contributed by atoms with E-state index in [0.717, 1.165) is 11.1 Å². The van der Waals surface area contributed by atoms with Crippen LogP contribution in [0.15, 0.2) is 48.5 Å². The zero-order valence-electron chi connectivity index (χ0n) is 20.4. The van der Waals surface area contributed by atoms with Crippen molar-refractivity contribution in [3.8, 4) is 11.1 Å². The molecule has 186 valence electrons. The number of piperidine rings is 1. The first-order chi connectivity index (χ1) is 16.6. The lowest BCUT2D eigenvalue weighted by Crippen LogP contribution is -2.51. The summed E-state index contributed by atoms with van der Waals surface area (Å²) in [6, 6.07) is 16.0. The van der Waals surface area contributed by atoms with Gasteiger partial charge in [0.15, 0.2) is 0 Å². The van der Waals surface area contributed by atoms with Gasteiger partial charge in [0.05, 0.1) is 0 Å². The number of carboxylic acids is 1. The highest BCUT2D eigenvalue weighted by molar-refractivity contribution is 5.79. The molecule has 0 radical (unpaired) electrons. The third-order valence-electron chi connectivity index (χ3n) is 6.43. The molecule has 0 spiro atoms. The molecule has 1 heterocycles. The number of hydrogen-bond acceptors (Lipinski definition) is 5. The van der Waals surface area contributed by atoms with E-state index in [1.807, 2.05) is 24.3 Å². The number of carboxylic acid groups (broad SMARTS) is 1. The van der Waals surface area contributed by atoms with E-state index in [-0.39, 0.29) is 18.6 Å². The minimum Gasteiger partial charge on any atom is -0.480 e. The average Bonchev–Trinajstić information content (AvgIpc) is 3.13. The SMILES string of the molecule is CC(C)(C)OC(=O)N(CC(=O)O)C1CCN(C(=O)OCC2c3ccccc3-c3ccccc32)CC1. The third-order valence-corrected chi connectivity index (χ3v) is 6.43. The van der Waals surface area contributed by atoms with Crippen molar-refractivity contribution < 1.29 is 29.0 Å². The Labute approximate surface area is 205 Å². The second kappa shape index (κ2) is 9.98. The summed E-state index contributed by atoms with van der Waals surface area (Å²) in [6.45, 7) is 5.78. The van der Waals surface area contributed by atoms with Gasteiger partial charge in [-0.25, -0.2) is 9.59 Å². The van der Waals surface area contributed by atoms with Gasteiger partial charge in [0.25, 0.3) is 0 Å². The van der Waals surface area contributed by atoms with Crippen molar-refractivity contribution in [2.24, 2.45) is 0 Å². The van der Waals surface area contributed by atoms with Gasteiger partial charge in [0.2, 0.25) is 0 Å². The Balaban J connectivity index is 1.35. The number of nitrogens with zero attached hydrogens (tertiary/aromatic N) is 2. The lowest BCUT2D eigenvalue weighted by atomic mass is 9.98. The molecule has 1 N–H and O–H groups in total. The van der Waals surface area contributed by atoms with Gasteiger partial charge in [-0.1, -0.05) is 48.5 Å². The van der Waals surface area contributed by atoms with Crippen molar-refractivity contribution in [1.29, 1.82) is 0 Å². The van der Waals surface area contributed by atoms with Crippen molar-refractivity contribution >= 4 is 18.2 Å². The molecule has 0 saturated carbocycles. The Morgan fingerprint density at radius 1 is 0.971 bits per heavy atom. The van der Waals surface area contributed by atoms with Gasteiger partial charge in [-0.3, -0.25) is 9.69 Å². The smallest absolute Gasteiger partial charge is 0.411 e. The van der Waals surface area contributed by atoms with Crippen molar-refractivity contribution in [1.82, 2.24) is 9.80 Å². The highest BCUT2D eigenvalue weighted by Crippen LogP contribution is 2.44. The van der Waals surface area contributed by atoms with E-state index in [4.69, 9.17) is 9.47 Å². The molecule has 4 rings (SSSR count). The highest BCUT2D eigenvalue weighted by atomic mass is 16.6. The number of ether oxygens (including phenoxy) is 2. The lowest BCUT2D eigenvalue weighted by molar-refractivity contribution is -0.139. The summed E-state index contributed by atoms with van der Waals surface area (Å²) < 4.78 is 11.1. The topological polar surface area (TPSA) is 96.4 Å². The lowest BCUT2D eigenvalue weighted by Gasteiger charge is -2.38. The molecule has 2 aliphatic rings.